The minimum atomic E-state index is 0.600. The molecule has 1 aromatic carbocycles. The van der Waals surface area contributed by atoms with Crippen LogP contribution >= 0.6 is 23.2 Å². The van der Waals surface area contributed by atoms with E-state index in [0.29, 0.717) is 10.0 Å². The summed E-state index contributed by atoms with van der Waals surface area (Å²) in [6.07, 6.45) is 4.63. The largest absolute Gasteiger partial charge is 0.338 e. The molecule has 5 heteroatoms. The van der Waals surface area contributed by atoms with Gasteiger partial charge in [0.25, 0.3) is 0 Å². The summed E-state index contributed by atoms with van der Waals surface area (Å²) >= 11 is 12.1. The lowest BCUT2D eigenvalue weighted by Gasteiger charge is -2.08. The number of aromatic nitrogens is 2. The molecule has 96 valence electrons. The SMILES string of the molecule is Cn1cncc1CCNCc1cccc(Cl)c1Cl. The lowest BCUT2D eigenvalue weighted by Crippen LogP contribution is -2.17. The van der Waals surface area contributed by atoms with Crippen molar-refractivity contribution in [3.63, 3.8) is 0 Å². The van der Waals surface area contributed by atoms with Gasteiger partial charge in [0.15, 0.2) is 0 Å². The van der Waals surface area contributed by atoms with E-state index in [2.05, 4.69) is 10.3 Å². The normalized spacial score (nSPS) is 10.8. The number of hydrogen-bond acceptors (Lipinski definition) is 2. The summed E-state index contributed by atoms with van der Waals surface area (Å²) in [5.74, 6) is 0. The first-order valence-electron chi connectivity index (χ1n) is 5.77. The number of halogens is 2. The molecule has 0 unspecified atom stereocenters. The molecule has 0 spiro atoms. The van der Waals surface area contributed by atoms with Gasteiger partial charge in [-0.2, -0.15) is 0 Å². The van der Waals surface area contributed by atoms with E-state index in [9.17, 15) is 0 Å². The summed E-state index contributed by atoms with van der Waals surface area (Å²) in [5, 5.41) is 4.58. The van der Waals surface area contributed by atoms with Crippen LogP contribution in [0, 0.1) is 0 Å². The maximum atomic E-state index is 6.11. The second-order valence-corrected chi connectivity index (χ2v) is 4.92. The highest BCUT2D eigenvalue weighted by atomic mass is 35.5. The van der Waals surface area contributed by atoms with Gasteiger partial charge < -0.3 is 9.88 Å². The predicted octanol–water partition coefficient (Wildman–Crippen LogP) is 3.06. The first-order valence-corrected chi connectivity index (χ1v) is 6.53. The van der Waals surface area contributed by atoms with E-state index in [1.807, 2.05) is 36.3 Å². The van der Waals surface area contributed by atoms with Crippen molar-refractivity contribution in [1.29, 1.82) is 0 Å². The lowest BCUT2D eigenvalue weighted by molar-refractivity contribution is 0.665. The molecule has 2 aromatic rings. The highest BCUT2D eigenvalue weighted by molar-refractivity contribution is 6.42. The average molecular weight is 284 g/mol. The maximum Gasteiger partial charge on any atom is 0.0945 e. The molecule has 1 aromatic heterocycles. The summed E-state index contributed by atoms with van der Waals surface area (Å²) in [4.78, 5) is 4.08. The van der Waals surface area contributed by atoms with Crippen LogP contribution in [0.3, 0.4) is 0 Å². The Morgan fingerprint density at radius 2 is 2.17 bits per heavy atom. The Kier molecular flexibility index (Phi) is 4.64. The first kappa shape index (κ1) is 13.4. The minimum absolute atomic E-state index is 0.600. The number of nitrogens with one attached hydrogen (secondary N) is 1. The minimum Gasteiger partial charge on any atom is -0.338 e. The van der Waals surface area contributed by atoms with E-state index >= 15 is 0 Å². The van der Waals surface area contributed by atoms with Crippen molar-refractivity contribution in [2.45, 2.75) is 13.0 Å². The fourth-order valence-electron chi connectivity index (χ4n) is 1.75. The maximum absolute atomic E-state index is 6.11. The molecular formula is C13H15Cl2N3. The van der Waals surface area contributed by atoms with Gasteiger partial charge in [0.05, 0.1) is 16.4 Å². The van der Waals surface area contributed by atoms with Crippen molar-refractivity contribution in [3.05, 3.63) is 52.0 Å². The smallest absolute Gasteiger partial charge is 0.0945 e. The van der Waals surface area contributed by atoms with Gasteiger partial charge in [-0.15, -0.1) is 0 Å². The Labute approximate surface area is 117 Å². The van der Waals surface area contributed by atoms with Crippen LogP contribution in [0.4, 0.5) is 0 Å². The van der Waals surface area contributed by atoms with Gasteiger partial charge in [-0.25, -0.2) is 4.98 Å². The number of benzene rings is 1. The average Bonchev–Trinajstić information content (AvgIpc) is 2.76. The third kappa shape index (κ3) is 3.25. The molecule has 0 aliphatic heterocycles. The standard InChI is InChI=1S/C13H15Cl2N3/c1-18-9-17-8-11(18)5-6-16-7-10-3-2-4-12(14)13(10)15/h2-4,8-9,16H,5-7H2,1H3. The second-order valence-electron chi connectivity index (χ2n) is 4.14. The topological polar surface area (TPSA) is 29.9 Å². The number of nitrogens with zero attached hydrogens (tertiary/aromatic N) is 2. The molecule has 0 saturated heterocycles. The molecular weight excluding hydrogens is 269 g/mol. The van der Waals surface area contributed by atoms with E-state index in [-0.39, 0.29) is 0 Å². The molecule has 3 nitrogen and oxygen atoms in total. The highest BCUT2D eigenvalue weighted by Gasteiger charge is 2.03. The van der Waals surface area contributed by atoms with Gasteiger partial charge in [0.2, 0.25) is 0 Å². The van der Waals surface area contributed by atoms with Gasteiger partial charge in [0.1, 0.15) is 0 Å². The number of aryl methyl sites for hydroxylation is 1. The van der Waals surface area contributed by atoms with Crippen LogP contribution < -0.4 is 5.32 Å². The molecule has 0 aliphatic carbocycles. The van der Waals surface area contributed by atoms with E-state index in [0.717, 1.165) is 25.1 Å². The summed E-state index contributed by atoms with van der Waals surface area (Å²) < 4.78 is 2.02. The Morgan fingerprint density at radius 3 is 2.89 bits per heavy atom. The number of hydrogen-bond donors (Lipinski definition) is 1. The summed E-state index contributed by atoms with van der Waals surface area (Å²) in [5.41, 5.74) is 2.23. The van der Waals surface area contributed by atoms with Gasteiger partial charge in [-0.3, -0.25) is 0 Å². The Balaban J connectivity index is 1.82. The van der Waals surface area contributed by atoms with E-state index in [1.54, 1.807) is 6.07 Å². The van der Waals surface area contributed by atoms with Crippen molar-refractivity contribution in [3.8, 4) is 0 Å². The van der Waals surface area contributed by atoms with E-state index < -0.39 is 0 Å². The molecule has 2 rings (SSSR count). The molecule has 0 radical (unpaired) electrons. The summed E-state index contributed by atoms with van der Waals surface area (Å²) in [7, 11) is 2.00. The fraction of sp³-hybridized carbons (Fsp3) is 0.308. The molecule has 1 heterocycles. The van der Waals surface area contributed by atoms with Gasteiger partial charge in [0, 0.05) is 38.4 Å². The predicted molar refractivity (Wildman–Crippen MR) is 75.1 cm³/mol. The molecule has 18 heavy (non-hydrogen) atoms. The quantitative estimate of drug-likeness (QED) is 0.855. The van der Waals surface area contributed by atoms with Crippen LogP contribution in [0.25, 0.3) is 0 Å². The van der Waals surface area contributed by atoms with Gasteiger partial charge >= 0.3 is 0 Å². The summed E-state index contributed by atoms with van der Waals surface area (Å²) in [6, 6.07) is 5.68. The van der Waals surface area contributed by atoms with Crippen molar-refractivity contribution in [2.75, 3.05) is 6.54 Å². The van der Waals surface area contributed by atoms with Crippen molar-refractivity contribution in [2.24, 2.45) is 7.05 Å². The molecule has 0 amide bonds. The zero-order valence-corrected chi connectivity index (χ0v) is 11.7. The van der Waals surface area contributed by atoms with Crippen LogP contribution in [-0.4, -0.2) is 16.1 Å². The number of imidazole rings is 1. The first-order chi connectivity index (χ1) is 8.68. The molecule has 0 bridgehead atoms. The van der Waals surface area contributed by atoms with Crippen LogP contribution in [0.15, 0.2) is 30.7 Å². The zero-order valence-electron chi connectivity index (χ0n) is 10.2. The molecule has 1 N–H and O–H groups in total. The molecule has 0 fully saturated rings. The third-order valence-electron chi connectivity index (χ3n) is 2.82. The Bertz CT molecular complexity index is 523. The van der Waals surface area contributed by atoms with Gasteiger partial charge in [-0.1, -0.05) is 35.3 Å². The lowest BCUT2D eigenvalue weighted by atomic mass is 10.2. The Morgan fingerprint density at radius 1 is 1.33 bits per heavy atom. The molecule has 0 atom stereocenters. The van der Waals surface area contributed by atoms with Crippen LogP contribution in [0.5, 0.6) is 0 Å². The zero-order chi connectivity index (χ0) is 13.0. The monoisotopic (exact) mass is 283 g/mol. The second kappa shape index (κ2) is 6.23. The Hall–Kier alpha value is -1.03. The van der Waals surface area contributed by atoms with E-state index in [1.165, 1.54) is 5.69 Å². The van der Waals surface area contributed by atoms with Crippen LogP contribution in [0.1, 0.15) is 11.3 Å². The molecule has 0 aliphatic rings. The van der Waals surface area contributed by atoms with Gasteiger partial charge in [-0.05, 0) is 11.6 Å². The van der Waals surface area contributed by atoms with Crippen molar-refractivity contribution < 1.29 is 0 Å². The summed E-state index contributed by atoms with van der Waals surface area (Å²) in [6.45, 7) is 1.60. The number of rotatable bonds is 5. The third-order valence-corrected chi connectivity index (χ3v) is 3.68. The molecule has 0 saturated carbocycles. The van der Waals surface area contributed by atoms with Crippen molar-refractivity contribution in [1.82, 2.24) is 14.9 Å². The van der Waals surface area contributed by atoms with E-state index in [4.69, 9.17) is 23.2 Å². The van der Waals surface area contributed by atoms with Crippen LogP contribution in [0.2, 0.25) is 10.0 Å². The van der Waals surface area contributed by atoms with Crippen molar-refractivity contribution >= 4 is 23.2 Å². The highest BCUT2D eigenvalue weighted by Crippen LogP contribution is 2.25. The van der Waals surface area contributed by atoms with Crippen LogP contribution in [-0.2, 0) is 20.0 Å². The fourth-order valence-corrected chi connectivity index (χ4v) is 2.14.